The summed E-state index contributed by atoms with van der Waals surface area (Å²) in [5.74, 6) is 1.83. The molecule has 112 valence electrons. The summed E-state index contributed by atoms with van der Waals surface area (Å²) in [5, 5.41) is 3.67. The van der Waals surface area contributed by atoms with Crippen LogP contribution < -0.4 is 11.1 Å². The molecule has 3 unspecified atom stereocenters. The Morgan fingerprint density at radius 1 is 1.33 bits per heavy atom. The zero-order valence-electron chi connectivity index (χ0n) is 12.8. The first kappa shape index (κ1) is 12.9. The largest absolute Gasteiger partial charge is 0.368 e. The molecule has 2 fully saturated rings. The molecule has 0 aromatic carbocycles. The molecule has 4 N–H and O–H groups in total. The smallest absolute Gasteiger partial charge is 0.224 e. The molecular formula is C15H22N6. The van der Waals surface area contributed by atoms with Crippen LogP contribution in [0.3, 0.4) is 0 Å². The van der Waals surface area contributed by atoms with Gasteiger partial charge < -0.3 is 16.0 Å². The molecule has 2 heterocycles. The zero-order valence-corrected chi connectivity index (χ0v) is 12.8. The number of fused-ring (bicyclic) bond motifs is 3. The second kappa shape index (κ2) is 3.87. The highest BCUT2D eigenvalue weighted by Gasteiger charge is 2.59. The van der Waals surface area contributed by atoms with Crippen LogP contribution in [0, 0.1) is 16.7 Å². The highest BCUT2D eigenvalue weighted by Crippen LogP contribution is 2.63. The van der Waals surface area contributed by atoms with E-state index in [9.17, 15) is 0 Å². The van der Waals surface area contributed by atoms with E-state index in [1.54, 1.807) is 6.33 Å². The molecule has 0 radical (unpaired) electrons. The van der Waals surface area contributed by atoms with Gasteiger partial charge in [0.2, 0.25) is 5.95 Å². The van der Waals surface area contributed by atoms with Crippen LogP contribution >= 0.6 is 0 Å². The molecule has 21 heavy (non-hydrogen) atoms. The molecule has 0 saturated heterocycles. The molecule has 0 spiro atoms. The maximum Gasteiger partial charge on any atom is 0.224 e. The number of H-pyrrole nitrogens is 1. The fourth-order valence-electron chi connectivity index (χ4n) is 4.75. The average Bonchev–Trinajstić information content (AvgIpc) is 3.05. The van der Waals surface area contributed by atoms with E-state index in [2.05, 4.69) is 46.0 Å². The van der Waals surface area contributed by atoms with Crippen molar-refractivity contribution < 1.29 is 0 Å². The normalized spacial score (nSPS) is 33.7. The van der Waals surface area contributed by atoms with E-state index in [-0.39, 0.29) is 11.4 Å². The Morgan fingerprint density at radius 2 is 2.14 bits per heavy atom. The minimum absolute atomic E-state index is 0.263. The van der Waals surface area contributed by atoms with Gasteiger partial charge in [0.05, 0.1) is 6.33 Å². The molecular weight excluding hydrogens is 264 g/mol. The van der Waals surface area contributed by atoms with Crippen LogP contribution in [0.5, 0.6) is 0 Å². The van der Waals surface area contributed by atoms with Gasteiger partial charge in [0.25, 0.3) is 0 Å². The fourth-order valence-corrected chi connectivity index (χ4v) is 4.75. The van der Waals surface area contributed by atoms with Gasteiger partial charge in [-0.05, 0) is 36.0 Å². The maximum absolute atomic E-state index is 5.82. The van der Waals surface area contributed by atoms with Gasteiger partial charge >= 0.3 is 0 Å². The average molecular weight is 286 g/mol. The Labute approximate surface area is 124 Å². The van der Waals surface area contributed by atoms with Gasteiger partial charge in [-0.15, -0.1) is 0 Å². The number of anilines is 2. The molecule has 6 nitrogen and oxygen atoms in total. The molecule has 2 aliphatic carbocycles. The molecule has 2 aliphatic rings. The topological polar surface area (TPSA) is 92.5 Å². The van der Waals surface area contributed by atoms with Crippen molar-refractivity contribution in [3.05, 3.63) is 6.33 Å². The molecule has 6 heteroatoms. The number of rotatable bonds is 2. The Hall–Kier alpha value is -1.85. The Kier molecular flexibility index (Phi) is 2.37. The second-order valence-electron chi connectivity index (χ2n) is 7.52. The van der Waals surface area contributed by atoms with Crippen LogP contribution in [0.2, 0.25) is 0 Å². The number of hydrogen-bond acceptors (Lipinski definition) is 5. The monoisotopic (exact) mass is 286 g/mol. The van der Waals surface area contributed by atoms with Crippen LogP contribution in [-0.4, -0.2) is 26.0 Å². The minimum Gasteiger partial charge on any atom is -0.368 e. The van der Waals surface area contributed by atoms with Crippen molar-refractivity contribution in [3.8, 4) is 0 Å². The number of nitrogens with zero attached hydrogens (tertiary/aromatic N) is 3. The summed E-state index contributed by atoms with van der Waals surface area (Å²) in [6, 6.07) is 0.393. The molecule has 2 aromatic heterocycles. The predicted octanol–water partition coefficient (Wildman–Crippen LogP) is 2.56. The van der Waals surface area contributed by atoms with Crippen molar-refractivity contribution in [2.24, 2.45) is 16.7 Å². The van der Waals surface area contributed by atoms with Gasteiger partial charge in [0.1, 0.15) is 5.52 Å². The first-order valence-electron chi connectivity index (χ1n) is 7.63. The zero-order chi connectivity index (χ0) is 14.8. The molecule has 4 rings (SSSR count). The third kappa shape index (κ3) is 1.68. The number of hydrogen-bond donors (Lipinski definition) is 3. The first-order valence-corrected chi connectivity index (χ1v) is 7.63. The minimum atomic E-state index is 0.263. The van der Waals surface area contributed by atoms with E-state index in [4.69, 9.17) is 5.73 Å². The summed E-state index contributed by atoms with van der Waals surface area (Å²) in [6.07, 6.45) is 5.56. The van der Waals surface area contributed by atoms with E-state index < -0.39 is 0 Å². The number of nitrogen functional groups attached to an aromatic ring is 1. The standard InChI is InChI=1S/C15H22N6/c1-14(2)8-4-5-15(3,6-8)12(14)19-11-9-10(18-7-17-9)20-13(16)21-11/h7-8,12H,4-6H2,1-3H3,(H4,16,17,18,19,20,21). The van der Waals surface area contributed by atoms with Gasteiger partial charge in [-0.3, -0.25) is 0 Å². The SMILES string of the molecule is CC12CCC(C1)C(C)(C)C2Nc1nc(N)nc2nc[nH]c12. The van der Waals surface area contributed by atoms with Crippen molar-refractivity contribution in [1.82, 2.24) is 19.9 Å². The lowest BCUT2D eigenvalue weighted by molar-refractivity contribution is 0.155. The molecule has 2 aromatic rings. The fraction of sp³-hybridized carbons (Fsp3) is 0.667. The number of nitrogens with two attached hydrogens (primary N) is 1. The van der Waals surface area contributed by atoms with E-state index in [0.717, 1.165) is 17.3 Å². The third-order valence-electron chi connectivity index (χ3n) is 5.85. The molecule has 0 amide bonds. The number of aromatic nitrogens is 4. The summed E-state index contributed by atoms with van der Waals surface area (Å²) in [6.45, 7) is 7.14. The van der Waals surface area contributed by atoms with Gasteiger partial charge in [0.15, 0.2) is 11.5 Å². The third-order valence-corrected chi connectivity index (χ3v) is 5.85. The van der Waals surface area contributed by atoms with Crippen molar-refractivity contribution in [1.29, 1.82) is 0 Å². The summed E-state index contributed by atoms with van der Waals surface area (Å²) in [4.78, 5) is 15.9. The Morgan fingerprint density at radius 3 is 2.86 bits per heavy atom. The number of aromatic amines is 1. The summed E-state index contributed by atoms with van der Waals surface area (Å²) >= 11 is 0. The first-order chi connectivity index (χ1) is 9.90. The molecule has 2 bridgehead atoms. The lowest BCUT2D eigenvalue weighted by atomic mass is 9.68. The number of imidazole rings is 1. The molecule has 0 aliphatic heterocycles. The lowest BCUT2D eigenvalue weighted by Gasteiger charge is -2.43. The van der Waals surface area contributed by atoms with E-state index >= 15 is 0 Å². The molecule has 2 saturated carbocycles. The van der Waals surface area contributed by atoms with Crippen molar-refractivity contribution in [2.45, 2.75) is 46.1 Å². The van der Waals surface area contributed by atoms with E-state index in [1.807, 2.05) is 0 Å². The van der Waals surface area contributed by atoms with Crippen molar-refractivity contribution >= 4 is 22.9 Å². The van der Waals surface area contributed by atoms with Gasteiger partial charge in [0, 0.05) is 6.04 Å². The highest BCUT2D eigenvalue weighted by molar-refractivity contribution is 5.83. The molecule has 3 atom stereocenters. The van der Waals surface area contributed by atoms with Crippen LogP contribution in [-0.2, 0) is 0 Å². The van der Waals surface area contributed by atoms with E-state index in [0.29, 0.717) is 17.1 Å². The van der Waals surface area contributed by atoms with Crippen LogP contribution in [0.15, 0.2) is 6.33 Å². The second-order valence-corrected chi connectivity index (χ2v) is 7.52. The van der Waals surface area contributed by atoms with Gasteiger partial charge in [-0.1, -0.05) is 20.8 Å². The van der Waals surface area contributed by atoms with Crippen LogP contribution in [0.4, 0.5) is 11.8 Å². The summed E-state index contributed by atoms with van der Waals surface area (Å²) in [5.41, 5.74) is 7.88. The Bertz CT molecular complexity index is 700. The van der Waals surface area contributed by atoms with Crippen molar-refractivity contribution in [3.63, 3.8) is 0 Å². The van der Waals surface area contributed by atoms with Crippen LogP contribution in [0.25, 0.3) is 11.2 Å². The predicted molar refractivity (Wildman–Crippen MR) is 82.7 cm³/mol. The van der Waals surface area contributed by atoms with Gasteiger partial charge in [-0.2, -0.15) is 9.97 Å². The lowest BCUT2D eigenvalue weighted by Crippen LogP contribution is -2.46. The quantitative estimate of drug-likeness (QED) is 0.789. The van der Waals surface area contributed by atoms with E-state index in [1.165, 1.54) is 19.3 Å². The highest BCUT2D eigenvalue weighted by atomic mass is 15.2. The van der Waals surface area contributed by atoms with Crippen LogP contribution in [0.1, 0.15) is 40.0 Å². The Balaban J connectivity index is 1.76. The summed E-state index contributed by atoms with van der Waals surface area (Å²) in [7, 11) is 0. The van der Waals surface area contributed by atoms with Crippen molar-refractivity contribution in [2.75, 3.05) is 11.1 Å². The summed E-state index contributed by atoms with van der Waals surface area (Å²) < 4.78 is 0. The van der Waals surface area contributed by atoms with Gasteiger partial charge in [-0.25, -0.2) is 4.98 Å². The number of nitrogens with one attached hydrogen (secondary N) is 2. The maximum atomic E-state index is 5.82.